The molecule has 1 unspecified atom stereocenters. The molecule has 1 saturated heterocycles. The molecule has 4 rings (SSSR count). The van der Waals surface area contributed by atoms with Crippen LogP contribution in [0.1, 0.15) is 31.4 Å². The minimum absolute atomic E-state index is 0.0190. The van der Waals surface area contributed by atoms with E-state index in [9.17, 15) is 9.59 Å². The summed E-state index contributed by atoms with van der Waals surface area (Å²) < 4.78 is 0. The van der Waals surface area contributed by atoms with Crippen LogP contribution in [-0.2, 0) is 22.4 Å². The summed E-state index contributed by atoms with van der Waals surface area (Å²) in [6, 6.07) is 16.0. The van der Waals surface area contributed by atoms with Crippen molar-refractivity contribution in [1.29, 1.82) is 0 Å². The molecule has 0 bridgehead atoms. The maximum absolute atomic E-state index is 13.3. The molecule has 1 aliphatic heterocycles. The van der Waals surface area contributed by atoms with Crippen LogP contribution >= 0.6 is 0 Å². The van der Waals surface area contributed by atoms with E-state index in [0.717, 1.165) is 22.3 Å². The number of amides is 2. The molecule has 0 spiro atoms. The summed E-state index contributed by atoms with van der Waals surface area (Å²) in [5.41, 5.74) is 3.49. The van der Waals surface area contributed by atoms with Crippen LogP contribution < -0.4 is 5.32 Å². The molecule has 33 heavy (non-hydrogen) atoms. The largest absolute Gasteiger partial charge is 0.353 e. The van der Waals surface area contributed by atoms with E-state index in [4.69, 9.17) is 0 Å². The molecule has 1 aliphatic rings. The topological polar surface area (TPSA) is 75.2 Å². The summed E-state index contributed by atoms with van der Waals surface area (Å²) in [6.07, 6.45) is 8.56. The zero-order valence-corrected chi connectivity index (χ0v) is 19.2. The molecule has 3 aromatic rings. The second-order valence-electron chi connectivity index (χ2n) is 9.13. The molecule has 1 N–H and O–H groups in total. The lowest BCUT2D eigenvalue weighted by Crippen LogP contribution is -2.47. The van der Waals surface area contributed by atoms with Gasteiger partial charge in [0.1, 0.15) is 0 Å². The lowest BCUT2D eigenvalue weighted by atomic mass is 9.79. The number of nitrogens with zero attached hydrogens (tertiary/aromatic N) is 3. The highest BCUT2D eigenvalue weighted by Gasteiger charge is 2.46. The van der Waals surface area contributed by atoms with E-state index in [1.54, 1.807) is 18.6 Å². The van der Waals surface area contributed by atoms with Gasteiger partial charge in [0, 0.05) is 43.9 Å². The summed E-state index contributed by atoms with van der Waals surface area (Å²) in [5.74, 6) is 0.0552. The van der Waals surface area contributed by atoms with Crippen LogP contribution in [0.4, 0.5) is 0 Å². The van der Waals surface area contributed by atoms with Gasteiger partial charge in [-0.05, 0) is 61.1 Å². The lowest BCUT2D eigenvalue weighted by Gasteiger charge is -2.29. The Labute approximate surface area is 195 Å². The molecule has 1 aromatic carbocycles. The van der Waals surface area contributed by atoms with E-state index in [0.29, 0.717) is 32.4 Å². The van der Waals surface area contributed by atoms with Gasteiger partial charge in [-0.1, -0.05) is 36.4 Å². The van der Waals surface area contributed by atoms with Crippen molar-refractivity contribution in [3.8, 4) is 11.1 Å². The van der Waals surface area contributed by atoms with Crippen molar-refractivity contribution in [1.82, 2.24) is 20.2 Å². The van der Waals surface area contributed by atoms with Crippen molar-refractivity contribution in [3.63, 3.8) is 0 Å². The average molecular weight is 443 g/mol. The van der Waals surface area contributed by atoms with Crippen molar-refractivity contribution in [2.45, 2.75) is 39.2 Å². The van der Waals surface area contributed by atoms with Crippen molar-refractivity contribution in [3.05, 3.63) is 84.4 Å². The van der Waals surface area contributed by atoms with Crippen LogP contribution in [-0.4, -0.2) is 45.8 Å². The fourth-order valence-corrected chi connectivity index (χ4v) is 4.44. The number of pyridine rings is 2. The molecular weight excluding hydrogens is 412 g/mol. The maximum atomic E-state index is 13.3. The van der Waals surface area contributed by atoms with Gasteiger partial charge in [0.2, 0.25) is 11.8 Å². The Hall–Kier alpha value is -3.54. The molecule has 3 heterocycles. The van der Waals surface area contributed by atoms with E-state index in [-0.39, 0.29) is 17.9 Å². The van der Waals surface area contributed by atoms with Crippen molar-refractivity contribution >= 4 is 11.8 Å². The summed E-state index contributed by atoms with van der Waals surface area (Å²) in [5, 5.41) is 3.10. The predicted molar refractivity (Wildman–Crippen MR) is 128 cm³/mol. The van der Waals surface area contributed by atoms with Crippen LogP contribution in [0.15, 0.2) is 73.3 Å². The third kappa shape index (κ3) is 5.45. The van der Waals surface area contributed by atoms with E-state index in [2.05, 4.69) is 39.6 Å². The highest BCUT2D eigenvalue weighted by atomic mass is 16.2. The van der Waals surface area contributed by atoms with Crippen LogP contribution in [0, 0.1) is 5.41 Å². The highest BCUT2D eigenvalue weighted by Crippen LogP contribution is 2.36. The predicted octanol–water partition coefficient (Wildman–Crippen LogP) is 3.67. The first-order chi connectivity index (χ1) is 15.9. The number of carbonyl (C=O) groups is 2. The average Bonchev–Trinajstić information content (AvgIpc) is 3.26. The van der Waals surface area contributed by atoms with Gasteiger partial charge >= 0.3 is 0 Å². The normalized spacial score (nSPS) is 17.8. The van der Waals surface area contributed by atoms with Crippen LogP contribution in [0.5, 0.6) is 0 Å². The van der Waals surface area contributed by atoms with Gasteiger partial charge in [-0.25, -0.2) is 0 Å². The number of nitrogens with one attached hydrogen (secondary N) is 1. The number of benzene rings is 1. The standard InChI is InChI=1S/C27H30N4O2/c1-20(2)30-26(33)27(11-14-31(19-27)25(32)15-22-5-3-12-28-17-22)16-21-7-9-23(10-8-21)24-6-4-13-29-18-24/h3-10,12-13,17-18,20H,11,14-16,19H2,1-2H3,(H,30,33). The lowest BCUT2D eigenvalue weighted by molar-refractivity contribution is -0.133. The second-order valence-corrected chi connectivity index (χ2v) is 9.13. The van der Waals surface area contributed by atoms with E-state index >= 15 is 0 Å². The summed E-state index contributed by atoms with van der Waals surface area (Å²) in [7, 11) is 0. The summed E-state index contributed by atoms with van der Waals surface area (Å²) in [6.45, 7) is 4.94. The number of hydrogen-bond donors (Lipinski definition) is 1. The molecule has 0 saturated carbocycles. The zero-order valence-electron chi connectivity index (χ0n) is 19.2. The maximum Gasteiger partial charge on any atom is 0.228 e. The van der Waals surface area contributed by atoms with Crippen LogP contribution in [0.3, 0.4) is 0 Å². The quantitative estimate of drug-likeness (QED) is 0.606. The Morgan fingerprint density at radius 1 is 0.970 bits per heavy atom. The molecular formula is C27H30N4O2. The van der Waals surface area contributed by atoms with Gasteiger partial charge in [-0.2, -0.15) is 0 Å². The number of aromatic nitrogens is 2. The van der Waals surface area contributed by atoms with Crippen LogP contribution in [0.25, 0.3) is 11.1 Å². The SMILES string of the molecule is CC(C)NC(=O)C1(Cc2ccc(-c3cccnc3)cc2)CCN(C(=O)Cc2cccnc2)C1. The van der Waals surface area contributed by atoms with Crippen molar-refractivity contribution < 1.29 is 9.59 Å². The molecule has 1 atom stereocenters. The Bertz CT molecular complexity index is 1080. The molecule has 1 fully saturated rings. The first-order valence-electron chi connectivity index (χ1n) is 11.4. The van der Waals surface area contributed by atoms with Gasteiger partial charge in [-0.3, -0.25) is 19.6 Å². The van der Waals surface area contributed by atoms with E-state index in [1.807, 2.05) is 49.2 Å². The highest BCUT2D eigenvalue weighted by molar-refractivity contribution is 5.86. The summed E-state index contributed by atoms with van der Waals surface area (Å²) in [4.78, 5) is 36.4. The Kier molecular flexibility index (Phi) is 6.82. The van der Waals surface area contributed by atoms with Gasteiger partial charge < -0.3 is 10.2 Å². The number of rotatable bonds is 7. The number of hydrogen-bond acceptors (Lipinski definition) is 4. The molecule has 170 valence electrons. The third-order valence-electron chi connectivity index (χ3n) is 6.18. The molecule has 0 radical (unpaired) electrons. The zero-order chi connectivity index (χ0) is 23.3. The Balaban J connectivity index is 1.51. The minimum atomic E-state index is -0.634. The van der Waals surface area contributed by atoms with Gasteiger partial charge in [0.25, 0.3) is 0 Å². The van der Waals surface area contributed by atoms with E-state index < -0.39 is 5.41 Å². The molecule has 2 aromatic heterocycles. The molecule has 2 amide bonds. The monoisotopic (exact) mass is 442 g/mol. The second kappa shape index (κ2) is 9.94. The smallest absolute Gasteiger partial charge is 0.228 e. The Morgan fingerprint density at radius 3 is 2.33 bits per heavy atom. The summed E-state index contributed by atoms with van der Waals surface area (Å²) >= 11 is 0. The van der Waals surface area contributed by atoms with Crippen LogP contribution in [0.2, 0.25) is 0 Å². The fourth-order valence-electron chi connectivity index (χ4n) is 4.44. The molecule has 6 heteroatoms. The third-order valence-corrected chi connectivity index (χ3v) is 6.18. The van der Waals surface area contributed by atoms with Gasteiger partial charge in [-0.15, -0.1) is 0 Å². The van der Waals surface area contributed by atoms with E-state index in [1.165, 1.54) is 0 Å². The van der Waals surface area contributed by atoms with Crippen molar-refractivity contribution in [2.24, 2.45) is 5.41 Å². The number of carbonyl (C=O) groups excluding carboxylic acids is 2. The minimum Gasteiger partial charge on any atom is -0.353 e. The van der Waals surface area contributed by atoms with Gasteiger partial charge in [0.15, 0.2) is 0 Å². The fraction of sp³-hybridized carbons (Fsp3) is 0.333. The molecule has 0 aliphatic carbocycles. The first-order valence-corrected chi connectivity index (χ1v) is 11.4. The Morgan fingerprint density at radius 2 is 1.70 bits per heavy atom. The molecule has 6 nitrogen and oxygen atoms in total. The van der Waals surface area contributed by atoms with Crippen molar-refractivity contribution in [2.75, 3.05) is 13.1 Å². The number of likely N-dealkylation sites (tertiary alicyclic amines) is 1. The first kappa shape index (κ1) is 22.6. The van der Waals surface area contributed by atoms with Gasteiger partial charge in [0.05, 0.1) is 11.8 Å².